The molecule has 1 aromatic carbocycles. The van der Waals surface area contributed by atoms with Crippen LogP contribution in [0.1, 0.15) is 38.2 Å². The van der Waals surface area contributed by atoms with Gasteiger partial charge in [-0.05, 0) is 56.0 Å². The van der Waals surface area contributed by atoms with Crippen LogP contribution < -0.4 is 9.46 Å². The van der Waals surface area contributed by atoms with E-state index in [9.17, 15) is 8.42 Å². The molecule has 6 heteroatoms. The van der Waals surface area contributed by atoms with Gasteiger partial charge in [0.05, 0.1) is 7.11 Å². The fourth-order valence-corrected chi connectivity index (χ4v) is 4.33. The molecule has 0 radical (unpaired) electrons. The van der Waals surface area contributed by atoms with Crippen LogP contribution in [-0.4, -0.2) is 47.1 Å². The van der Waals surface area contributed by atoms with E-state index < -0.39 is 10.0 Å². The Bertz CT molecular complexity index is 629. The maximum Gasteiger partial charge on any atom is 0.244 e. The summed E-state index contributed by atoms with van der Waals surface area (Å²) in [6.07, 6.45) is 2.19. The van der Waals surface area contributed by atoms with Gasteiger partial charge in [-0.25, -0.2) is 13.1 Å². The van der Waals surface area contributed by atoms with Crippen molar-refractivity contribution in [3.63, 3.8) is 0 Å². The molecule has 2 rings (SSSR count). The largest absolute Gasteiger partial charge is 0.495 e. The number of hydrogen-bond donors (Lipinski definition) is 1. The Hall–Kier alpha value is -1.11. The second-order valence-electron chi connectivity index (χ2n) is 6.69. The Balaban J connectivity index is 2.16. The molecule has 0 amide bonds. The number of piperidine rings is 1. The van der Waals surface area contributed by atoms with Gasteiger partial charge in [-0.1, -0.05) is 19.9 Å². The average molecular weight is 340 g/mol. The minimum Gasteiger partial charge on any atom is -0.495 e. The molecule has 1 aromatic rings. The summed E-state index contributed by atoms with van der Waals surface area (Å²) >= 11 is 0. The standard InChI is InChI=1S/C17H28N2O3S/c1-13(2)15-7-8-16(22-4)17(10-15)23(20,21)18-11-14-6-5-9-19(3)12-14/h7-8,10,13-14,18H,5-6,9,11-12H2,1-4H3/t14-/m0/s1. The zero-order chi connectivity index (χ0) is 17.0. The number of benzene rings is 1. The van der Waals surface area contributed by atoms with Crippen molar-refractivity contribution in [2.24, 2.45) is 5.92 Å². The second-order valence-corrected chi connectivity index (χ2v) is 8.42. The highest BCUT2D eigenvalue weighted by Crippen LogP contribution is 2.28. The molecule has 130 valence electrons. The topological polar surface area (TPSA) is 58.6 Å². The van der Waals surface area contributed by atoms with Crippen molar-refractivity contribution in [3.05, 3.63) is 23.8 Å². The summed E-state index contributed by atoms with van der Waals surface area (Å²) in [5, 5.41) is 0. The van der Waals surface area contributed by atoms with Gasteiger partial charge in [0, 0.05) is 13.1 Å². The quantitative estimate of drug-likeness (QED) is 0.864. The van der Waals surface area contributed by atoms with Gasteiger partial charge in [0.15, 0.2) is 0 Å². The monoisotopic (exact) mass is 340 g/mol. The van der Waals surface area contributed by atoms with E-state index in [-0.39, 0.29) is 10.8 Å². The van der Waals surface area contributed by atoms with Gasteiger partial charge in [-0.3, -0.25) is 0 Å². The lowest BCUT2D eigenvalue weighted by Gasteiger charge is -2.29. The molecular formula is C17H28N2O3S. The number of sulfonamides is 1. The Morgan fingerprint density at radius 3 is 2.74 bits per heavy atom. The highest BCUT2D eigenvalue weighted by atomic mass is 32.2. The second kappa shape index (κ2) is 7.64. The molecule has 1 heterocycles. The van der Waals surface area contributed by atoms with Gasteiger partial charge >= 0.3 is 0 Å². The first-order valence-corrected chi connectivity index (χ1v) is 9.68. The number of nitrogens with one attached hydrogen (secondary N) is 1. The van der Waals surface area contributed by atoms with Crippen molar-refractivity contribution < 1.29 is 13.2 Å². The van der Waals surface area contributed by atoms with E-state index in [2.05, 4.69) is 16.7 Å². The molecule has 23 heavy (non-hydrogen) atoms. The Morgan fingerprint density at radius 1 is 1.39 bits per heavy atom. The first kappa shape index (κ1) is 18.2. The van der Waals surface area contributed by atoms with Crippen molar-refractivity contribution in [1.82, 2.24) is 9.62 Å². The number of ether oxygens (including phenoxy) is 1. The minimum atomic E-state index is -3.57. The molecule has 1 aliphatic rings. The third-order valence-corrected chi connectivity index (χ3v) is 5.87. The molecule has 0 saturated carbocycles. The van der Waals surface area contributed by atoms with Crippen LogP contribution in [0.2, 0.25) is 0 Å². The van der Waals surface area contributed by atoms with Gasteiger partial charge in [0.25, 0.3) is 0 Å². The van der Waals surface area contributed by atoms with E-state index in [0.717, 1.165) is 31.5 Å². The molecule has 1 saturated heterocycles. The number of nitrogens with zero attached hydrogens (tertiary/aromatic N) is 1. The summed E-state index contributed by atoms with van der Waals surface area (Å²) in [7, 11) is 0.00923. The van der Waals surface area contributed by atoms with Crippen LogP contribution in [0.4, 0.5) is 0 Å². The van der Waals surface area contributed by atoms with E-state index in [1.165, 1.54) is 7.11 Å². The summed E-state index contributed by atoms with van der Waals surface area (Å²) in [4.78, 5) is 2.48. The normalized spacial score (nSPS) is 20.0. The SMILES string of the molecule is COc1ccc(C(C)C)cc1S(=O)(=O)NC[C@@H]1CCCN(C)C1. The Kier molecular flexibility index (Phi) is 6.06. The molecule has 1 aliphatic heterocycles. The predicted octanol–water partition coefficient (Wildman–Crippen LogP) is 2.44. The lowest BCUT2D eigenvalue weighted by molar-refractivity contribution is 0.211. The van der Waals surface area contributed by atoms with Gasteiger partial charge in [-0.15, -0.1) is 0 Å². The van der Waals surface area contributed by atoms with Crippen LogP contribution in [0.5, 0.6) is 5.75 Å². The summed E-state index contributed by atoms with van der Waals surface area (Å²) in [6, 6.07) is 5.37. The van der Waals surface area contributed by atoms with Crippen LogP contribution >= 0.6 is 0 Å². The van der Waals surface area contributed by atoms with Crippen LogP contribution in [0.15, 0.2) is 23.1 Å². The molecule has 1 atom stereocenters. The van der Waals surface area contributed by atoms with E-state index in [4.69, 9.17) is 4.74 Å². The number of rotatable bonds is 6. The summed E-state index contributed by atoms with van der Waals surface area (Å²) in [6.45, 7) is 6.59. The number of methoxy groups -OCH3 is 1. The summed E-state index contributed by atoms with van der Waals surface area (Å²) in [5.41, 5.74) is 0.989. The molecular weight excluding hydrogens is 312 g/mol. The van der Waals surface area contributed by atoms with E-state index in [0.29, 0.717) is 18.2 Å². The van der Waals surface area contributed by atoms with Gasteiger partial charge < -0.3 is 9.64 Å². The molecule has 0 spiro atoms. The van der Waals surface area contributed by atoms with Crippen LogP contribution in [0.3, 0.4) is 0 Å². The minimum absolute atomic E-state index is 0.232. The first-order chi connectivity index (χ1) is 10.8. The third-order valence-electron chi connectivity index (χ3n) is 4.43. The highest BCUT2D eigenvalue weighted by molar-refractivity contribution is 7.89. The lowest BCUT2D eigenvalue weighted by atomic mass is 9.99. The Morgan fingerprint density at radius 2 is 2.13 bits per heavy atom. The van der Waals surface area contributed by atoms with E-state index in [1.807, 2.05) is 19.9 Å². The molecule has 0 aliphatic carbocycles. The maximum absolute atomic E-state index is 12.7. The zero-order valence-electron chi connectivity index (χ0n) is 14.5. The van der Waals surface area contributed by atoms with Crippen molar-refractivity contribution in [2.75, 3.05) is 33.8 Å². The average Bonchev–Trinajstić information content (AvgIpc) is 2.52. The molecule has 0 aromatic heterocycles. The van der Waals surface area contributed by atoms with Crippen LogP contribution in [0.25, 0.3) is 0 Å². The van der Waals surface area contributed by atoms with Gasteiger partial charge in [0.2, 0.25) is 10.0 Å². The molecule has 1 N–H and O–H groups in total. The summed E-state index contributed by atoms with van der Waals surface area (Å²) < 4.78 is 33.4. The third kappa shape index (κ3) is 4.68. The molecule has 0 unspecified atom stereocenters. The maximum atomic E-state index is 12.7. The highest BCUT2D eigenvalue weighted by Gasteiger charge is 2.24. The summed E-state index contributed by atoms with van der Waals surface area (Å²) in [5.74, 6) is 1.02. The van der Waals surface area contributed by atoms with Gasteiger partial charge in [0.1, 0.15) is 10.6 Å². The fourth-order valence-electron chi connectivity index (χ4n) is 3.01. The smallest absolute Gasteiger partial charge is 0.244 e. The molecule has 1 fully saturated rings. The van der Waals surface area contributed by atoms with Crippen molar-refractivity contribution in [2.45, 2.75) is 37.5 Å². The first-order valence-electron chi connectivity index (χ1n) is 8.19. The van der Waals surface area contributed by atoms with Crippen molar-refractivity contribution in [3.8, 4) is 5.75 Å². The van der Waals surface area contributed by atoms with Crippen LogP contribution in [0, 0.1) is 5.92 Å². The van der Waals surface area contributed by atoms with Crippen LogP contribution in [-0.2, 0) is 10.0 Å². The number of hydrogen-bond acceptors (Lipinski definition) is 4. The van der Waals surface area contributed by atoms with E-state index in [1.54, 1.807) is 12.1 Å². The fraction of sp³-hybridized carbons (Fsp3) is 0.647. The van der Waals surface area contributed by atoms with Gasteiger partial charge in [-0.2, -0.15) is 0 Å². The zero-order valence-corrected chi connectivity index (χ0v) is 15.3. The number of likely N-dealkylation sites (tertiary alicyclic amines) is 1. The molecule has 0 bridgehead atoms. The predicted molar refractivity (Wildman–Crippen MR) is 92.5 cm³/mol. The van der Waals surface area contributed by atoms with Crippen molar-refractivity contribution >= 4 is 10.0 Å². The lowest BCUT2D eigenvalue weighted by Crippen LogP contribution is -2.39. The van der Waals surface area contributed by atoms with E-state index >= 15 is 0 Å². The van der Waals surface area contributed by atoms with Crippen molar-refractivity contribution in [1.29, 1.82) is 0 Å². The Labute approximate surface area is 140 Å². The molecule has 5 nitrogen and oxygen atoms in total.